The van der Waals surface area contributed by atoms with Crippen LogP contribution >= 0.6 is 15.9 Å². The lowest BCUT2D eigenvalue weighted by Gasteiger charge is -1.93. The smallest absolute Gasteiger partial charge is 0.209 e. The molecule has 0 aliphatic carbocycles. The molecule has 13 heavy (non-hydrogen) atoms. The van der Waals surface area contributed by atoms with Crippen molar-refractivity contribution in [1.82, 2.24) is 4.90 Å². The topological polar surface area (TPSA) is 20.3 Å². The van der Waals surface area contributed by atoms with Gasteiger partial charge in [0, 0.05) is 19.4 Å². The first-order valence-corrected chi connectivity index (χ1v) is 5.98. The van der Waals surface area contributed by atoms with E-state index in [0.29, 0.717) is 0 Å². The van der Waals surface area contributed by atoms with E-state index in [9.17, 15) is 4.79 Å². The molecule has 0 saturated carbocycles. The van der Waals surface area contributed by atoms with E-state index in [2.05, 4.69) is 22.9 Å². The van der Waals surface area contributed by atoms with Crippen LogP contribution in [0.5, 0.6) is 0 Å². The van der Waals surface area contributed by atoms with Gasteiger partial charge in [0.15, 0.2) is 0 Å². The molecule has 0 rings (SSSR count). The van der Waals surface area contributed by atoms with Gasteiger partial charge in [-0.05, 0) is 6.42 Å². The summed E-state index contributed by atoms with van der Waals surface area (Å²) < 4.78 is 0. The third kappa shape index (κ3) is 24.5. The van der Waals surface area contributed by atoms with E-state index in [-0.39, 0.29) is 0 Å². The Bertz CT molecular complexity index is 90.9. The molecule has 2 nitrogen and oxygen atoms in total. The Balaban J connectivity index is 0. The van der Waals surface area contributed by atoms with Crippen LogP contribution in [0.2, 0.25) is 0 Å². The monoisotopic (exact) mass is 251 g/mol. The zero-order valence-electron chi connectivity index (χ0n) is 9.05. The number of carbonyl (C=O) groups is 1. The third-order valence-electron chi connectivity index (χ3n) is 1.45. The van der Waals surface area contributed by atoms with Crippen molar-refractivity contribution in [1.29, 1.82) is 0 Å². The van der Waals surface area contributed by atoms with Gasteiger partial charge in [-0.25, -0.2) is 0 Å². The molecule has 0 aromatic carbocycles. The summed E-state index contributed by atoms with van der Waals surface area (Å²) in [5, 5.41) is 1.18. The second-order valence-electron chi connectivity index (χ2n) is 3.17. The van der Waals surface area contributed by atoms with Crippen LogP contribution in [0, 0.1) is 0 Å². The highest BCUT2D eigenvalue weighted by Crippen LogP contribution is 2.03. The van der Waals surface area contributed by atoms with Crippen molar-refractivity contribution in [2.45, 2.75) is 39.0 Å². The van der Waals surface area contributed by atoms with Gasteiger partial charge in [-0.15, -0.1) is 0 Å². The Hall–Kier alpha value is -0.0500. The van der Waals surface area contributed by atoms with E-state index in [4.69, 9.17) is 0 Å². The number of hydrogen-bond acceptors (Lipinski definition) is 1. The molecular weight excluding hydrogens is 230 g/mol. The molecule has 0 aliphatic heterocycles. The summed E-state index contributed by atoms with van der Waals surface area (Å²) in [4.78, 5) is 10.9. The maximum Gasteiger partial charge on any atom is 0.209 e. The number of halogens is 1. The minimum absolute atomic E-state index is 0.750. The summed E-state index contributed by atoms with van der Waals surface area (Å²) in [5.41, 5.74) is 0. The van der Waals surface area contributed by atoms with E-state index in [1.54, 1.807) is 14.1 Å². The maximum atomic E-state index is 9.43. The van der Waals surface area contributed by atoms with Crippen LogP contribution in [-0.2, 0) is 4.79 Å². The van der Waals surface area contributed by atoms with Crippen molar-refractivity contribution in [3.8, 4) is 0 Å². The summed E-state index contributed by atoms with van der Waals surface area (Å²) in [6.07, 6.45) is 7.68. The standard InChI is InChI=1S/C7H15Br.C3H7NO/c1-2-3-4-5-6-7-8;1-4(2)3-5/h2-7H2,1H3;3H,1-2H3. The molecular formula is C10H22BrNO. The van der Waals surface area contributed by atoms with Crippen molar-refractivity contribution < 1.29 is 4.79 Å². The summed E-state index contributed by atoms with van der Waals surface area (Å²) in [6.45, 7) is 2.24. The molecule has 0 spiro atoms. The molecule has 0 N–H and O–H groups in total. The van der Waals surface area contributed by atoms with Crippen LogP contribution in [0.15, 0.2) is 0 Å². The number of carbonyl (C=O) groups excluding carboxylic acids is 1. The minimum atomic E-state index is 0.750. The molecule has 0 bridgehead atoms. The van der Waals surface area contributed by atoms with Gasteiger partial charge in [-0.2, -0.15) is 0 Å². The quantitative estimate of drug-likeness (QED) is 0.404. The lowest BCUT2D eigenvalue weighted by molar-refractivity contribution is -0.115. The number of unbranched alkanes of at least 4 members (excludes halogenated alkanes) is 4. The van der Waals surface area contributed by atoms with Crippen LogP contribution in [0.3, 0.4) is 0 Å². The fourth-order valence-electron chi connectivity index (χ4n) is 0.698. The lowest BCUT2D eigenvalue weighted by atomic mass is 10.2. The molecule has 80 valence electrons. The molecule has 0 radical (unpaired) electrons. The van der Waals surface area contributed by atoms with Crippen LogP contribution < -0.4 is 0 Å². The molecule has 0 saturated heterocycles. The Labute approximate surface area is 90.8 Å². The highest BCUT2D eigenvalue weighted by atomic mass is 79.9. The molecule has 0 aromatic heterocycles. The normalized spacial score (nSPS) is 8.62. The lowest BCUT2D eigenvalue weighted by Crippen LogP contribution is -2.06. The van der Waals surface area contributed by atoms with Crippen LogP contribution in [0.1, 0.15) is 39.0 Å². The van der Waals surface area contributed by atoms with E-state index < -0.39 is 0 Å². The van der Waals surface area contributed by atoms with Gasteiger partial charge in [-0.3, -0.25) is 4.79 Å². The second kappa shape index (κ2) is 14.5. The van der Waals surface area contributed by atoms with Gasteiger partial charge in [-0.1, -0.05) is 48.5 Å². The fraction of sp³-hybridized carbons (Fsp3) is 0.900. The molecule has 0 unspecified atom stereocenters. The van der Waals surface area contributed by atoms with E-state index in [1.807, 2.05) is 0 Å². The first-order chi connectivity index (χ1) is 6.18. The number of nitrogens with zero attached hydrogens (tertiary/aromatic N) is 1. The molecule has 0 aromatic rings. The summed E-state index contributed by atoms with van der Waals surface area (Å²) in [6, 6.07) is 0. The van der Waals surface area contributed by atoms with Crippen LogP contribution in [-0.4, -0.2) is 30.7 Å². The SMILES string of the molecule is CCCCCCCBr.CN(C)C=O. The zero-order chi connectivity index (χ0) is 10.5. The second-order valence-corrected chi connectivity index (χ2v) is 3.97. The Morgan fingerprint density at radius 1 is 1.15 bits per heavy atom. The predicted octanol–water partition coefficient (Wildman–Crippen LogP) is 3.06. The summed E-state index contributed by atoms with van der Waals surface area (Å²) in [5.74, 6) is 0. The maximum absolute atomic E-state index is 9.43. The van der Waals surface area contributed by atoms with Gasteiger partial charge >= 0.3 is 0 Å². The van der Waals surface area contributed by atoms with Gasteiger partial charge < -0.3 is 4.90 Å². The van der Waals surface area contributed by atoms with Crippen molar-refractivity contribution in [2.24, 2.45) is 0 Å². The van der Waals surface area contributed by atoms with Crippen LogP contribution in [0.25, 0.3) is 0 Å². The first kappa shape index (κ1) is 15.4. The number of alkyl halides is 1. The number of rotatable bonds is 6. The van der Waals surface area contributed by atoms with E-state index in [0.717, 1.165) is 6.41 Å². The Morgan fingerprint density at radius 3 is 1.92 bits per heavy atom. The molecule has 0 heterocycles. The fourth-order valence-corrected chi connectivity index (χ4v) is 1.09. The predicted molar refractivity (Wildman–Crippen MR) is 62.3 cm³/mol. The largest absolute Gasteiger partial charge is 0.351 e. The average molecular weight is 252 g/mol. The van der Waals surface area contributed by atoms with Gasteiger partial charge in [0.25, 0.3) is 0 Å². The Kier molecular flexibility index (Phi) is 17.2. The minimum Gasteiger partial charge on any atom is -0.351 e. The average Bonchev–Trinajstić information content (AvgIpc) is 2.14. The molecule has 0 fully saturated rings. The highest BCUT2D eigenvalue weighted by Gasteiger charge is 1.84. The van der Waals surface area contributed by atoms with Crippen molar-refractivity contribution in [3.05, 3.63) is 0 Å². The number of amides is 1. The van der Waals surface area contributed by atoms with Gasteiger partial charge in [0.1, 0.15) is 0 Å². The van der Waals surface area contributed by atoms with E-state index >= 15 is 0 Å². The third-order valence-corrected chi connectivity index (χ3v) is 2.01. The molecule has 1 amide bonds. The molecule has 3 heteroatoms. The van der Waals surface area contributed by atoms with E-state index in [1.165, 1.54) is 42.3 Å². The zero-order valence-corrected chi connectivity index (χ0v) is 10.6. The Morgan fingerprint density at radius 2 is 1.62 bits per heavy atom. The summed E-state index contributed by atoms with van der Waals surface area (Å²) in [7, 11) is 3.38. The van der Waals surface area contributed by atoms with Gasteiger partial charge in [0.05, 0.1) is 0 Å². The molecule has 0 atom stereocenters. The van der Waals surface area contributed by atoms with Crippen molar-refractivity contribution >= 4 is 22.3 Å². The van der Waals surface area contributed by atoms with Gasteiger partial charge in [0.2, 0.25) is 6.41 Å². The highest BCUT2D eigenvalue weighted by molar-refractivity contribution is 9.09. The molecule has 0 aliphatic rings. The van der Waals surface area contributed by atoms with Crippen LogP contribution in [0.4, 0.5) is 0 Å². The number of hydrogen-bond donors (Lipinski definition) is 0. The summed E-state index contributed by atoms with van der Waals surface area (Å²) >= 11 is 3.40. The van der Waals surface area contributed by atoms with Crippen molar-refractivity contribution in [3.63, 3.8) is 0 Å². The first-order valence-electron chi connectivity index (χ1n) is 4.86. The van der Waals surface area contributed by atoms with Crippen molar-refractivity contribution in [2.75, 3.05) is 19.4 Å².